The quantitative estimate of drug-likeness (QED) is 0.709. The zero-order chi connectivity index (χ0) is 19.2. The van der Waals surface area contributed by atoms with Crippen LogP contribution in [0.25, 0.3) is 22.8 Å². The minimum Gasteiger partial charge on any atom is -0.369 e. The molecule has 144 valence electrons. The molecule has 0 radical (unpaired) electrons. The predicted octanol–water partition coefficient (Wildman–Crippen LogP) is 2.26. The van der Waals surface area contributed by atoms with Crippen molar-refractivity contribution in [3.8, 4) is 22.8 Å². The molecule has 7 heteroatoms. The number of nitrogens with one attached hydrogen (secondary N) is 1. The van der Waals surface area contributed by atoms with E-state index in [1.165, 1.54) is 0 Å². The molecule has 0 spiro atoms. The van der Waals surface area contributed by atoms with Crippen molar-refractivity contribution in [2.45, 2.75) is 0 Å². The number of hydrogen-bond acceptors (Lipinski definition) is 7. The largest absolute Gasteiger partial charge is 0.369 e. The highest BCUT2D eigenvalue weighted by Crippen LogP contribution is 2.22. The zero-order valence-electron chi connectivity index (χ0n) is 16.1. The second kappa shape index (κ2) is 8.86. The van der Waals surface area contributed by atoms with E-state index in [0.29, 0.717) is 5.82 Å². The molecule has 0 amide bonds. The third-order valence-corrected chi connectivity index (χ3v) is 4.91. The number of rotatable bonds is 6. The molecule has 1 N–H and O–H groups in total. The van der Waals surface area contributed by atoms with Crippen LogP contribution in [-0.2, 0) is 0 Å². The Morgan fingerprint density at radius 2 is 1.86 bits per heavy atom. The Morgan fingerprint density at radius 1 is 0.964 bits per heavy atom. The van der Waals surface area contributed by atoms with Gasteiger partial charge in [-0.25, -0.2) is 9.97 Å². The summed E-state index contributed by atoms with van der Waals surface area (Å²) in [6.45, 7) is 6.32. The normalized spacial score (nSPS) is 15.5. The van der Waals surface area contributed by atoms with Crippen molar-refractivity contribution in [1.82, 2.24) is 29.7 Å². The molecular weight excluding hydrogens is 350 g/mol. The smallest absolute Gasteiger partial charge is 0.180 e. The van der Waals surface area contributed by atoms with Crippen LogP contribution in [0.2, 0.25) is 0 Å². The lowest BCUT2D eigenvalue weighted by Gasteiger charge is -2.32. The molecule has 0 aromatic carbocycles. The van der Waals surface area contributed by atoms with Crippen molar-refractivity contribution in [1.29, 1.82) is 0 Å². The second-order valence-electron chi connectivity index (χ2n) is 6.99. The number of piperazine rings is 1. The molecule has 0 bridgehead atoms. The third-order valence-electron chi connectivity index (χ3n) is 4.91. The molecule has 0 aliphatic carbocycles. The van der Waals surface area contributed by atoms with Crippen molar-refractivity contribution >= 4 is 5.82 Å². The Morgan fingerprint density at radius 3 is 2.61 bits per heavy atom. The molecular formula is C21H25N7. The molecule has 28 heavy (non-hydrogen) atoms. The van der Waals surface area contributed by atoms with Gasteiger partial charge in [-0.3, -0.25) is 14.9 Å². The first kappa shape index (κ1) is 18.5. The number of likely N-dealkylation sites (N-methyl/N-ethyl adjacent to an activating group) is 1. The summed E-state index contributed by atoms with van der Waals surface area (Å²) in [5.41, 5.74) is 2.56. The second-order valence-corrected chi connectivity index (χ2v) is 6.99. The summed E-state index contributed by atoms with van der Waals surface area (Å²) < 4.78 is 0. The van der Waals surface area contributed by atoms with Crippen molar-refractivity contribution < 1.29 is 0 Å². The van der Waals surface area contributed by atoms with Crippen LogP contribution in [0.5, 0.6) is 0 Å². The van der Waals surface area contributed by atoms with Gasteiger partial charge in [-0.05, 0) is 31.3 Å². The van der Waals surface area contributed by atoms with Crippen molar-refractivity contribution in [2.75, 3.05) is 51.6 Å². The van der Waals surface area contributed by atoms with Gasteiger partial charge in [0.25, 0.3) is 0 Å². The van der Waals surface area contributed by atoms with Crippen molar-refractivity contribution in [3.05, 3.63) is 55.0 Å². The maximum atomic E-state index is 4.71. The lowest BCUT2D eigenvalue weighted by molar-refractivity contribution is 0.158. The summed E-state index contributed by atoms with van der Waals surface area (Å²) >= 11 is 0. The molecule has 4 rings (SSSR count). The number of pyridine rings is 2. The summed E-state index contributed by atoms with van der Waals surface area (Å²) in [6.07, 6.45) is 5.34. The molecule has 0 saturated carbocycles. The minimum absolute atomic E-state index is 0.615. The standard InChI is InChI=1S/C21H25N7/c1-27-11-13-28(14-12-27)10-9-24-20-15-19(17-5-4-7-22-16-17)25-21(26-20)18-6-2-3-8-23-18/h2-8,15-16H,9-14H2,1H3,(H,24,25,26). The lowest BCUT2D eigenvalue weighted by atomic mass is 10.2. The molecule has 0 unspecified atom stereocenters. The van der Waals surface area contributed by atoms with E-state index in [1.54, 1.807) is 12.4 Å². The Labute approximate surface area is 165 Å². The van der Waals surface area contributed by atoms with Crippen LogP contribution < -0.4 is 5.32 Å². The number of aromatic nitrogens is 4. The molecule has 3 aromatic heterocycles. The Bertz CT molecular complexity index is 820. The van der Waals surface area contributed by atoms with Gasteiger partial charge in [-0.1, -0.05) is 6.07 Å². The molecule has 4 heterocycles. The Balaban J connectivity index is 1.52. The summed E-state index contributed by atoms with van der Waals surface area (Å²) in [7, 11) is 2.18. The first-order valence-electron chi connectivity index (χ1n) is 9.63. The van der Waals surface area contributed by atoms with Gasteiger partial charge < -0.3 is 10.2 Å². The first-order chi connectivity index (χ1) is 13.8. The number of anilines is 1. The van der Waals surface area contributed by atoms with Crippen LogP contribution in [0, 0.1) is 0 Å². The van der Waals surface area contributed by atoms with Gasteiger partial charge in [0, 0.05) is 69.5 Å². The molecule has 7 nitrogen and oxygen atoms in total. The van der Waals surface area contributed by atoms with Gasteiger partial charge in [0.05, 0.1) is 5.69 Å². The van der Waals surface area contributed by atoms with Gasteiger partial charge >= 0.3 is 0 Å². The number of nitrogens with zero attached hydrogens (tertiary/aromatic N) is 6. The van der Waals surface area contributed by atoms with E-state index in [-0.39, 0.29) is 0 Å². The molecule has 1 saturated heterocycles. The average Bonchev–Trinajstić information content (AvgIpc) is 2.76. The maximum absolute atomic E-state index is 4.71. The van der Waals surface area contributed by atoms with Crippen molar-refractivity contribution in [3.63, 3.8) is 0 Å². The van der Waals surface area contributed by atoms with Gasteiger partial charge in [0.15, 0.2) is 5.82 Å². The van der Waals surface area contributed by atoms with Crippen LogP contribution >= 0.6 is 0 Å². The van der Waals surface area contributed by atoms with Crippen LogP contribution in [0.1, 0.15) is 0 Å². The van der Waals surface area contributed by atoms with Gasteiger partial charge in [-0.2, -0.15) is 0 Å². The highest BCUT2D eigenvalue weighted by Gasteiger charge is 2.14. The van der Waals surface area contributed by atoms with Crippen LogP contribution in [0.4, 0.5) is 5.82 Å². The predicted molar refractivity (Wildman–Crippen MR) is 111 cm³/mol. The van der Waals surface area contributed by atoms with E-state index in [2.05, 4.69) is 32.1 Å². The topological polar surface area (TPSA) is 70.1 Å². The molecule has 1 aliphatic heterocycles. The Hall–Kier alpha value is -2.90. The molecule has 3 aromatic rings. The number of hydrogen-bond donors (Lipinski definition) is 1. The van der Waals surface area contributed by atoms with E-state index in [9.17, 15) is 0 Å². The lowest BCUT2D eigenvalue weighted by Crippen LogP contribution is -2.45. The fourth-order valence-electron chi connectivity index (χ4n) is 3.22. The van der Waals surface area contributed by atoms with Crippen molar-refractivity contribution in [2.24, 2.45) is 0 Å². The van der Waals surface area contributed by atoms with E-state index < -0.39 is 0 Å². The summed E-state index contributed by atoms with van der Waals surface area (Å²) in [5, 5.41) is 3.47. The van der Waals surface area contributed by atoms with E-state index in [0.717, 1.165) is 62.0 Å². The average molecular weight is 375 g/mol. The molecule has 1 aliphatic rings. The first-order valence-corrected chi connectivity index (χ1v) is 9.63. The fourth-order valence-corrected chi connectivity index (χ4v) is 3.22. The van der Waals surface area contributed by atoms with Crippen LogP contribution in [0.3, 0.4) is 0 Å². The molecule has 0 atom stereocenters. The summed E-state index contributed by atoms with van der Waals surface area (Å²) in [5.74, 6) is 1.42. The maximum Gasteiger partial charge on any atom is 0.180 e. The highest BCUT2D eigenvalue weighted by molar-refractivity contribution is 5.65. The van der Waals surface area contributed by atoms with E-state index in [1.807, 2.05) is 42.6 Å². The third kappa shape index (κ3) is 4.68. The van der Waals surface area contributed by atoms with Gasteiger partial charge in [0.2, 0.25) is 0 Å². The van der Waals surface area contributed by atoms with E-state index >= 15 is 0 Å². The highest BCUT2D eigenvalue weighted by atomic mass is 15.2. The molecule has 1 fully saturated rings. The fraction of sp³-hybridized carbons (Fsp3) is 0.333. The monoisotopic (exact) mass is 375 g/mol. The summed E-state index contributed by atoms with van der Waals surface area (Å²) in [6, 6.07) is 11.7. The van der Waals surface area contributed by atoms with Crippen LogP contribution in [0.15, 0.2) is 55.0 Å². The Kier molecular flexibility index (Phi) is 5.84. The SMILES string of the molecule is CN1CCN(CCNc2cc(-c3cccnc3)nc(-c3ccccn3)n2)CC1. The summed E-state index contributed by atoms with van der Waals surface area (Å²) in [4.78, 5) is 22.9. The van der Waals surface area contributed by atoms with Crippen LogP contribution in [-0.4, -0.2) is 76.1 Å². The van der Waals surface area contributed by atoms with E-state index in [4.69, 9.17) is 9.97 Å². The minimum atomic E-state index is 0.615. The van der Waals surface area contributed by atoms with Gasteiger partial charge in [-0.15, -0.1) is 0 Å². The van der Waals surface area contributed by atoms with Gasteiger partial charge in [0.1, 0.15) is 11.5 Å². The zero-order valence-corrected chi connectivity index (χ0v) is 16.1.